The maximum atomic E-state index is 14.0. The zero-order valence-electron chi connectivity index (χ0n) is 17.4. The van der Waals surface area contributed by atoms with E-state index in [1.165, 1.54) is 12.8 Å². The fourth-order valence-corrected chi connectivity index (χ4v) is 2.68. The van der Waals surface area contributed by atoms with Crippen LogP contribution in [0.5, 0.6) is 5.75 Å². The molecule has 0 bridgehead atoms. The van der Waals surface area contributed by atoms with E-state index in [0.29, 0.717) is 24.5 Å². The highest BCUT2D eigenvalue weighted by molar-refractivity contribution is 6.32. The fraction of sp³-hybridized carbons (Fsp3) is 0.650. The maximum absolute atomic E-state index is 14.0. The molecule has 0 aromatic heterocycles. The number of carbonyl (C=O) groups excluding carboxylic acids is 1. The number of primary amides is 1. The molecule has 0 spiro atoms. The smallest absolute Gasteiger partial charge is 0.405 e. The number of amides is 1. The summed E-state index contributed by atoms with van der Waals surface area (Å²) in [6.45, 7) is 14.4. The third kappa shape index (κ3) is 10.4. The van der Waals surface area contributed by atoms with Crippen molar-refractivity contribution in [2.24, 2.45) is 5.73 Å². The summed E-state index contributed by atoms with van der Waals surface area (Å²) in [5.74, 6) is 0.0846. The van der Waals surface area contributed by atoms with Gasteiger partial charge in [-0.25, -0.2) is 9.18 Å². The van der Waals surface area contributed by atoms with Gasteiger partial charge in [0.15, 0.2) is 0 Å². The molecule has 156 valence electrons. The standard InChI is InChI=1S/C13H17ClFNO.C5H11NO2.C2H6/c1-2-17-11-6-5-10(13(15)12(11)14)9-16-7-3-4-8-16;1-5(2,3)8-4(6)7;1-2/h5-6H,2-4,7-9H2,1H3;1-3H3,(H2,6,7);1-2H3. The number of halogens is 2. The highest BCUT2D eigenvalue weighted by Crippen LogP contribution is 2.30. The first-order chi connectivity index (χ1) is 12.6. The summed E-state index contributed by atoms with van der Waals surface area (Å²) in [5.41, 5.74) is 4.92. The molecule has 0 aliphatic carbocycles. The van der Waals surface area contributed by atoms with Crippen molar-refractivity contribution >= 4 is 17.7 Å². The molecule has 1 fully saturated rings. The summed E-state index contributed by atoms with van der Waals surface area (Å²) in [6.07, 6.45) is 1.68. The Morgan fingerprint density at radius 2 is 1.81 bits per heavy atom. The summed E-state index contributed by atoms with van der Waals surface area (Å²) >= 11 is 5.94. The lowest BCUT2D eigenvalue weighted by molar-refractivity contribution is 0.0600. The van der Waals surface area contributed by atoms with Gasteiger partial charge >= 0.3 is 6.09 Å². The van der Waals surface area contributed by atoms with Crippen LogP contribution >= 0.6 is 11.6 Å². The van der Waals surface area contributed by atoms with Crippen molar-refractivity contribution in [2.75, 3.05) is 19.7 Å². The number of likely N-dealkylation sites (tertiary alicyclic amines) is 1. The first kappa shape index (κ1) is 25.5. The summed E-state index contributed by atoms with van der Waals surface area (Å²) < 4.78 is 23.8. The highest BCUT2D eigenvalue weighted by Gasteiger charge is 2.17. The van der Waals surface area contributed by atoms with Gasteiger partial charge in [0.1, 0.15) is 22.2 Å². The van der Waals surface area contributed by atoms with Crippen molar-refractivity contribution in [3.8, 4) is 5.75 Å². The Morgan fingerprint density at radius 3 is 2.22 bits per heavy atom. The van der Waals surface area contributed by atoms with Gasteiger partial charge in [0.2, 0.25) is 0 Å². The van der Waals surface area contributed by atoms with Gasteiger partial charge in [0.05, 0.1) is 6.61 Å². The molecule has 1 saturated heterocycles. The van der Waals surface area contributed by atoms with E-state index >= 15 is 0 Å². The minimum atomic E-state index is -0.725. The van der Waals surface area contributed by atoms with E-state index in [1.54, 1.807) is 32.9 Å². The second-order valence-corrected chi connectivity index (χ2v) is 7.18. The van der Waals surface area contributed by atoms with Gasteiger partial charge in [-0.05, 0) is 59.7 Å². The third-order valence-corrected chi connectivity index (χ3v) is 3.78. The van der Waals surface area contributed by atoms with Crippen molar-refractivity contribution in [2.45, 2.75) is 66.5 Å². The molecule has 0 radical (unpaired) electrons. The molecular formula is C20H34ClFN2O3. The predicted molar refractivity (Wildman–Crippen MR) is 109 cm³/mol. The van der Waals surface area contributed by atoms with Crippen molar-refractivity contribution in [3.63, 3.8) is 0 Å². The predicted octanol–water partition coefficient (Wildman–Crippen LogP) is 5.38. The van der Waals surface area contributed by atoms with Crippen LogP contribution in [-0.4, -0.2) is 36.3 Å². The van der Waals surface area contributed by atoms with Crippen LogP contribution in [0.15, 0.2) is 12.1 Å². The van der Waals surface area contributed by atoms with Crippen molar-refractivity contribution in [1.82, 2.24) is 4.90 Å². The first-order valence-electron chi connectivity index (χ1n) is 9.44. The number of hydrogen-bond acceptors (Lipinski definition) is 4. The Hall–Kier alpha value is -1.53. The summed E-state index contributed by atoms with van der Waals surface area (Å²) in [5, 5.41) is 0.101. The van der Waals surface area contributed by atoms with Gasteiger partial charge in [-0.3, -0.25) is 4.90 Å². The molecule has 1 aromatic rings. The first-order valence-corrected chi connectivity index (χ1v) is 9.82. The quantitative estimate of drug-likeness (QED) is 0.731. The number of nitrogens with two attached hydrogens (primary N) is 1. The average molecular weight is 405 g/mol. The molecule has 1 aliphatic rings. The largest absolute Gasteiger partial charge is 0.492 e. The van der Waals surface area contributed by atoms with E-state index in [4.69, 9.17) is 22.1 Å². The third-order valence-electron chi connectivity index (χ3n) is 3.43. The fourth-order valence-electron chi connectivity index (χ4n) is 2.44. The molecule has 27 heavy (non-hydrogen) atoms. The van der Waals surface area contributed by atoms with Gasteiger partial charge in [0.25, 0.3) is 0 Å². The van der Waals surface area contributed by atoms with Crippen molar-refractivity contribution in [3.05, 3.63) is 28.5 Å². The lowest BCUT2D eigenvalue weighted by Crippen LogP contribution is -2.27. The monoisotopic (exact) mass is 404 g/mol. The van der Waals surface area contributed by atoms with E-state index < -0.39 is 11.7 Å². The van der Waals surface area contributed by atoms with Gasteiger partial charge in [-0.1, -0.05) is 31.5 Å². The summed E-state index contributed by atoms with van der Waals surface area (Å²) in [6, 6.07) is 3.52. The molecule has 1 heterocycles. The van der Waals surface area contributed by atoms with Crippen molar-refractivity contribution < 1.29 is 18.7 Å². The Balaban J connectivity index is 0.000000574. The van der Waals surface area contributed by atoms with Crippen LogP contribution in [0.2, 0.25) is 5.02 Å². The number of rotatable bonds is 4. The minimum absolute atomic E-state index is 0.101. The van der Waals surface area contributed by atoms with Gasteiger partial charge in [-0.15, -0.1) is 0 Å². The normalized spacial score (nSPS) is 13.8. The van der Waals surface area contributed by atoms with E-state index in [2.05, 4.69) is 9.64 Å². The molecule has 1 aromatic carbocycles. The van der Waals surface area contributed by atoms with Crippen LogP contribution in [0, 0.1) is 5.82 Å². The Labute approximate surface area is 168 Å². The SMILES string of the molecule is CC.CC(C)(C)OC(N)=O.CCOc1ccc(CN2CCCC2)c(F)c1Cl. The second kappa shape index (κ2) is 12.8. The van der Waals surface area contributed by atoms with Crippen molar-refractivity contribution in [1.29, 1.82) is 0 Å². The van der Waals surface area contributed by atoms with E-state index in [1.807, 2.05) is 20.8 Å². The lowest BCUT2D eigenvalue weighted by Gasteiger charge is -2.16. The molecule has 5 nitrogen and oxygen atoms in total. The summed E-state index contributed by atoms with van der Waals surface area (Å²) in [4.78, 5) is 12.3. The van der Waals surface area contributed by atoms with E-state index in [9.17, 15) is 9.18 Å². The Morgan fingerprint density at radius 1 is 1.26 bits per heavy atom. The van der Waals surface area contributed by atoms with E-state index in [-0.39, 0.29) is 10.8 Å². The van der Waals surface area contributed by atoms with E-state index in [0.717, 1.165) is 13.1 Å². The Kier molecular flexibility index (Phi) is 12.1. The van der Waals surface area contributed by atoms with Gasteiger partial charge < -0.3 is 15.2 Å². The van der Waals surface area contributed by atoms with Gasteiger partial charge in [-0.2, -0.15) is 0 Å². The minimum Gasteiger partial charge on any atom is -0.492 e. The second-order valence-electron chi connectivity index (χ2n) is 6.80. The van der Waals surface area contributed by atoms with Crippen LogP contribution < -0.4 is 10.5 Å². The zero-order valence-corrected chi connectivity index (χ0v) is 18.2. The van der Waals surface area contributed by atoms with Crippen LogP contribution in [0.4, 0.5) is 9.18 Å². The number of carbonyl (C=O) groups is 1. The molecule has 7 heteroatoms. The maximum Gasteiger partial charge on any atom is 0.405 e. The molecule has 2 N–H and O–H groups in total. The van der Waals surface area contributed by atoms with Gasteiger partial charge in [0, 0.05) is 12.1 Å². The number of ether oxygens (including phenoxy) is 2. The molecule has 0 unspecified atom stereocenters. The van der Waals surface area contributed by atoms with Crippen LogP contribution in [-0.2, 0) is 11.3 Å². The Bertz CT molecular complexity index is 571. The molecule has 2 rings (SSSR count). The number of hydrogen-bond donors (Lipinski definition) is 1. The molecular weight excluding hydrogens is 371 g/mol. The molecule has 0 atom stereocenters. The van der Waals surface area contributed by atoms with Crippen LogP contribution in [0.1, 0.15) is 59.9 Å². The molecule has 0 saturated carbocycles. The zero-order chi connectivity index (χ0) is 21.0. The van der Waals surface area contributed by atoms with Crippen LogP contribution in [0.25, 0.3) is 0 Å². The number of nitrogens with zero attached hydrogens (tertiary/aromatic N) is 1. The van der Waals surface area contributed by atoms with Crippen LogP contribution in [0.3, 0.4) is 0 Å². The lowest BCUT2D eigenvalue weighted by atomic mass is 10.2. The summed E-state index contributed by atoms with van der Waals surface area (Å²) in [7, 11) is 0. The topological polar surface area (TPSA) is 64.8 Å². The number of benzene rings is 1. The highest BCUT2D eigenvalue weighted by atomic mass is 35.5. The molecule has 1 aliphatic heterocycles. The molecule has 1 amide bonds. The average Bonchev–Trinajstić information content (AvgIpc) is 3.08.